The zero-order chi connectivity index (χ0) is 0. The van der Waals surface area contributed by atoms with E-state index in [1.54, 1.807) is 0 Å². The molecule has 0 rings (SSSR count). The number of halogens is 5. The molecule has 3 radical (unpaired) electrons. The topological polar surface area (TPSA) is 0 Å². The molecule has 0 aliphatic heterocycles. The Hall–Kier alpha value is -0.285. The summed E-state index contributed by atoms with van der Waals surface area (Å²) in [6.07, 6.45) is 0. The summed E-state index contributed by atoms with van der Waals surface area (Å²) in [5, 5.41) is 0. The highest BCUT2D eigenvalue weighted by atomic mass is 19.0. The number of hydrogen-bond donors (Lipinski definition) is 0. The van der Waals surface area contributed by atoms with Gasteiger partial charge in [0, 0.05) is 8.41 Å². The Kier molecular flexibility index (Phi) is 209000. The van der Waals surface area contributed by atoms with E-state index in [-0.39, 0.29) is 31.9 Å². The van der Waals surface area contributed by atoms with Gasteiger partial charge in [0.1, 0.15) is 0 Å². The van der Waals surface area contributed by atoms with Crippen LogP contribution >= 0.6 is 0 Å². The minimum absolute atomic E-state index is 0. The Bertz CT molecular complexity index is 3.90. The summed E-state index contributed by atoms with van der Waals surface area (Å²) in [4.78, 5) is 0. The van der Waals surface area contributed by atoms with Gasteiger partial charge in [0.05, 0.1) is 0 Å². The highest BCUT2D eigenvalue weighted by Gasteiger charge is 0.0000189. The van der Waals surface area contributed by atoms with Crippen molar-refractivity contribution < 1.29 is 23.5 Å². The molecule has 43 valence electrons. The van der Waals surface area contributed by atoms with Gasteiger partial charge in [-0.2, -0.15) is 0 Å². The molecule has 0 aliphatic rings. The molecule has 0 N–H and O–H groups in total. The monoisotopic (exact) mass is 111 g/mol. The van der Waals surface area contributed by atoms with Crippen molar-refractivity contribution in [3.8, 4) is 0 Å². The molecule has 6 heavy (non-hydrogen) atoms. The Morgan fingerprint density at radius 1 is 0.333 bits per heavy atom. The molecular weight excluding hydrogens is 106 g/mol. The molecule has 0 aromatic heterocycles. The third-order valence-corrected chi connectivity index (χ3v) is 0. The summed E-state index contributed by atoms with van der Waals surface area (Å²) in [5.41, 5.74) is 0. The van der Waals surface area contributed by atoms with Gasteiger partial charge < -0.3 is 0 Å². The molecule has 0 aliphatic carbocycles. The molecule has 0 amide bonds. The minimum atomic E-state index is 0. The lowest BCUT2D eigenvalue weighted by molar-refractivity contribution is 1.11. The van der Waals surface area contributed by atoms with E-state index in [0.717, 1.165) is 0 Å². The number of rotatable bonds is 0. The fourth-order valence-electron chi connectivity index (χ4n) is 0. The van der Waals surface area contributed by atoms with E-state index in [0.29, 0.717) is 0 Å². The van der Waals surface area contributed by atoms with Crippen molar-refractivity contribution in [2.45, 2.75) is 0 Å². The highest BCUT2D eigenvalue weighted by molar-refractivity contribution is 5.75. The second-order valence-corrected chi connectivity index (χ2v) is 0. The van der Waals surface area contributed by atoms with Gasteiger partial charge in [-0.25, -0.2) is 0 Å². The van der Waals surface area contributed by atoms with Crippen LogP contribution in [0.1, 0.15) is 0 Å². The van der Waals surface area contributed by atoms with Crippen LogP contribution in [0.5, 0.6) is 0 Å². The fourth-order valence-corrected chi connectivity index (χ4v) is 0. The molecule has 0 spiro atoms. The highest BCUT2D eigenvalue weighted by Crippen LogP contribution is 0.424. The lowest BCUT2D eigenvalue weighted by atomic mass is 10.8. The van der Waals surface area contributed by atoms with Crippen LogP contribution in [0.3, 0.4) is 0 Å². The van der Waals surface area contributed by atoms with Crippen LogP contribution in [-0.2, 0) is 0 Å². The first kappa shape index (κ1) is 1560. The molecular formula is H5BF5. The summed E-state index contributed by atoms with van der Waals surface area (Å²) in [7, 11) is 0. The standard InChI is InChI=1S/B.5FH/h;5*1H. The van der Waals surface area contributed by atoms with Crippen LogP contribution in [-0.4, -0.2) is 8.41 Å². The largest absolute Gasteiger partial charge is 0.269 e. The van der Waals surface area contributed by atoms with Gasteiger partial charge >= 0.3 is 0 Å². The maximum atomic E-state index is 0. The van der Waals surface area contributed by atoms with Crippen molar-refractivity contribution in [3.63, 3.8) is 0 Å². The molecule has 0 aromatic carbocycles. The lowest BCUT2D eigenvalue weighted by Gasteiger charge is -0.270. The van der Waals surface area contributed by atoms with E-state index in [9.17, 15) is 0 Å². The average molecular weight is 111 g/mol. The van der Waals surface area contributed by atoms with Crippen molar-refractivity contribution in [1.82, 2.24) is 0 Å². The van der Waals surface area contributed by atoms with Crippen molar-refractivity contribution in [1.29, 1.82) is 0 Å². The van der Waals surface area contributed by atoms with E-state index in [2.05, 4.69) is 0 Å². The van der Waals surface area contributed by atoms with Crippen molar-refractivity contribution in [3.05, 3.63) is 0 Å². The Morgan fingerprint density at radius 3 is 0.333 bits per heavy atom. The van der Waals surface area contributed by atoms with E-state index in [1.165, 1.54) is 0 Å². The van der Waals surface area contributed by atoms with Gasteiger partial charge in [-0.1, -0.05) is 0 Å². The smallest absolute Gasteiger partial charge is 0 e. The zero-order valence-corrected chi connectivity index (χ0v) is 2.62. The van der Waals surface area contributed by atoms with Crippen LogP contribution in [0, 0.1) is 0 Å². The third-order valence-electron chi connectivity index (χ3n) is 0. The molecule has 0 heterocycles. The molecule has 0 nitrogen and oxygen atoms in total. The Balaban J connectivity index is 0. The van der Waals surface area contributed by atoms with Gasteiger partial charge in [-0.15, -0.1) is 0 Å². The maximum absolute atomic E-state index is 0. The lowest BCUT2D eigenvalue weighted by Crippen LogP contribution is -0.381. The summed E-state index contributed by atoms with van der Waals surface area (Å²) in [6, 6.07) is 0. The summed E-state index contributed by atoms with van der Waals surface area (Å²) < 4.78 is 0. The second-order valence-electron chi connectivity index (χ2n) is 0. The molecule has 0 aromatic rings. The van der Waals surface area contributed by atoms with E-state index >= 15 is 0 Å². The van der Waals surface area contributed by atoms with E-state index in [1.807, 2.05) is 0 Å². The predicted octanol–water partition coefficient (Wildman–Crippen LogP) is 0.382. The molecule has 0 saturated carbocycles. The van der Waals surface area contributed by atoms with Crippen LogP contribution in [0.25, 0.3) is 0 Å². The van der Waals surface area contributed by atoms with E-state index < -0.39 is 0 Å². The van der Waals surface area contributed by atoms with Gasteiger partial charge in [0.25, 0.3) is 0 Å². The average Bonchev–Trinajstić information content (AvgIpc) is 0. The first-order chi connectivity index (χ1) is 0. The predicted molar refractivity (Wildman–Crippen MR) is 18.3 cm³/mol. The van der Waals surface area contributed by atoms with Gasteiger partial charge in [-0.05, 0) is 0 Å². The summed E-state index contributed by atoms with van der Waals surface area (Å²) in [6.45, 7) is 0. The van der Waals surface area contributed by atoms with Crippen molar-refractivity contribution in [2.24, 2.45) is 0 Å². The van der Waals surface area contributed by atoms with E-state index in [4.69, 9.17) is 0 Å². The van der Waals surface area contributed by atoms with Crippen LogP contribution in [0.4, 0.5) is 23.5 Å². The summed E-state index contributed by atoms with van der Waals surface area (Å²) >= 11 is 0. The normalized spacial score (nSPS) is 0. The molecule has 0 bridgehead atoms. The zero-order valence-electron chi connectivity index (χ0n) is 2.62. The SMILES string of the molecule is F.F.F.F.F.[B]. The van der Waals surface area contributed by atoms with Crippen LogP contribution in [0.2, 0.25) is 0 Å². The number of hydrogen-bond acceptors (Lipinski definition) is 0. The maximum Gasteiger partial charge on any atom is 0 e. The fraction of sp³-hybridized carbons (Fsp3) is 0. The Labute approximate surface area is 33.3 Å². The van der Waals surface area contributed by atoms with Crippen molar-refractivity contribution >= 4 is 8.41 Å². The second kappa shape index (κ2) is 801. The quantitative estimate of drug-likeness (QED) is 0.313. The van der Waals surface area contributed by atoms with Crippen LogP contribution in [0.15, 0.2) is 0 Å². The third kappa shape index (κ3) is 337. The molecule has 0 atom stereocenters. The van der Waals surface area contributed by atoms with Crippen molar-refractivity contribution in [2.75, 3.05) is 0 Å². The first-order valence-corrected chi connectivity index (χ1v) is 0. The molecule has 0 saturated heterocycles. The Morgan fingerprint density at radius 2 is 0.333 bits per heavy atom. The molecule has 0 fully saturated rings. The molecule has 0 unspecified atom stereocenters. The van der Waals surface area contributed by atoms with Gasteiger partial charge in [0.2, 0.25) is 0 Å². The summed E-state index contributed by atoms with van der Waals surface area (Å²) in [5.74, 6) is 0. The van der Waals surface area contributed by atoms with Crippen LogP contribution < -0.4 is 0 Å². The molecule has 6 heteroatoms. The van der Waals surface area contributed by atoms with Gasteiger partial charge in [-0.3, -0.25) is 23.5 Å². The van der Waals surface area contributed by atoms with Gasteiger partial charge in [0.15, 0.2) is 0 Å². The minimum Gasteiger partial charge on any atom is -0.269 e. The first-order valence-electron chi connectivity index (χ1n) is 0.